The van der Waals surface area contributed by atoms with Gasteiger partial charge in [-0.3, -0.25) is 9.69 Å². The molecule has 2 fully saturated rings. The summed E-state index contributed by atoms with van der Waals surface area (Å²) in [5.41, 5.74) is 1.19. The molecule has 3 atom stereocenters. The number of hydrogen-bond acceptors (Lipinski definition) is 3. The van der Waals surface area contributed by atoms with Crippen LogP contribution in [0, 0.1) is 5.92 Å². The van der Waals surface area contributed by atoms with Crippen LogP contribution in [-0.4, -0.2) is 43.1 Å². The number of nitrogens with one attached hydrogen (secondary N) is 1. The number of hydrogen-bond donors (Lipinski definition) is 1. The van der Waals surface area contributed by atoms with Crippen LogP contribution in [0.25, 0.3) is 0 Å². The number of benzene rings is 1. The molecule has 126 valence electrons. The van der Waals surface area contributed by atoms with Gasteiger partial charge in [0.25, 0.3) is 0 Å². The Kier molecular flexibility index (Phi) is 5.68. The van der Waals surface area contributed by atoms with E-state index < -0.39 is 0 Å². The van der Waals surface area contributed by atoms with Gasteiger partial charge in [0.15, 0.2) is 0 Å². The van der Waals surface area contributed by atoms with Crippen molar-refractivity contribution in [2.45, 2.75) is 44.8 Å². The standard InChI is InChI=1S/C19H28N2O2/c1-15-7-5-6-10-17(15)20-19(22)14-21-11-12-23-18(13-21)16-8-3-2-4-9-16/h2-4,8-9,15,17-18H,5-7,10-14H2,1H3,(H,20,22). The predicted molar refractivity (Wildman–Crippen MR) is 91.1 cm³/mol. The number of carbonyl (C=O) groups is 1. The lowest BCUT2D eigenvalue weighted by Gasteiger charge is -2.34. The molecule has 2 aliphatic rings. The summed E-state index contributed by atoms with van der Waals surface area (Å²) in [6, 6.07) is 10.6. The minimum Gasteiger partial charge on any atom is -0.371 e. The summed E-state index contributed by atoms with van der Waals surface area (Å²) in [6.45, 7) is 5.04. The highest BCUT2D eigenvalue weighted by atomic mass is 16.5. The van der Waals surface area contributed by atoms with Crippen LogP contribution in [0.3, 0.4) is 0 Å². The Morgan fingerprint density at radius 2 is 2.04 bits per heavy atom. The Labute approximate surface area is 139 Å². The molecule has 3 rings (SSSR count). The summed E-state index contributed by atoms with van der Waals surface area (Å²) in [4.78, 5) is 14.6. The van der Waals surface area contributed by atoms with Gasteiger partial charge in [0.2, 0.25) is 5.91 Å². The van der Waals surface area contributed by atoms with Crippen LogP contribution in [0.5, 0.6) is 0 Å². The van der Waals surface area contributed by atoms with Crippen molar-refractivity contribution in [3.8, 4) is 0 Å². The van der Waals surface area contributed by atoms with Crippen LogP contribution in [-0.2, 0) is 9.53 Å². The molecule has 23 heavy (non-hydrogen) atoms. The zero-order chi connectivity index (χ0) is 16.1. The zero-order valence-electron chi connectivity index (χ0n) is 14.0. The van der Waals surface area contributed by atoms with E-state index >= 15 is 0 Å². The van der Waals surface area contributed by atoms with Crippen LogP contribution in [0.2, 0.25) is 0 Å². The Hall–Kier alpha value is -1.39. The van der Waals surface area contributed by atoms with Gasteiger partial charge in [-0.2, -0.15) is 0 Å². The van der Waals surface area contributed by atoms with Gasteiger partial charge in [-0.25, -0.2) is 0 Å². The molecule has 1 aliphatic carbocycles. The molecular formula is C19H28N2O2. The summed E-state index contributed by atoms with van der Waals surface area (Å²) in [7, 11) is 0. The first-order chi connectivity index (χ1) is 11.2. The molecule has 1 aliphatic heterocycles. The summed E-state index contributed by atoms with van der Waals surface area (Å²) in [5.74, 6) is 0.770. The first-order valence-corrected chi connectivity index (χ1v) is 8.90. The highest BCUT2D eigenvalue weighted by Crippen LogP contribution is 2.24. The first-order valence-electron chi connectivity index (χ1n) is 8.90. The smallest absolute Gasteiger partial charge is 0.234 e. The molecule has 4 heteroatoms. The van der Waals surface area contributed by atoms with Gasteiger partial charge in [0.1, 0.15) is 0 Å². The van der Waals surface area contributed by atoms with E-state index in [2.05, 4.69) is 29.3 Å². The zero-order valence-corrected chi connectivity index (χ0v) is 14.0. The van der Waals surface area contributed by atoms with E-state index in [-0.39, 0.29) is 12.0 Å². The molecule has 1 aromatic rings. The topological polar surface area (TPSA) is 41.6 Å². The Morgan fingerprint density at radius 1 is 1.26 bits per heavy atom. The monoisotopic (exact) mass is 316 g/mol. The van der Waals surface area contributed by atoms with Crippen LogP contribution >= 0.6 is 0 Å². The van der Waals surface area contributed by atoms with Gasteiger partial charge in [0.05, 0.1) is 19.3 Å². The quantitative estimate of drug-likeness (QED) is 0.929. The summed E-state index contributed by atoms with van der Waals surface area (Å²) in [5, 5.41) is 3.25. The fourth-order valence-electron chi connectivity index (χ4n) is 3.70. The highest BCUT2D eigenvalue weighted by Gasteiger charge is 2.26. The number of nitrogens with zero attached hydrogens (tertiary/aromatic N) is 1. The maximum absolute atomic E-state index is 12.4. The van der Waals surface area contributed by atoms with Gasteiger partial charge in [-0.1, -0.05) is 50.1 Å². The van der Waals surface area contributed by atoms with Gasteiger partial charge in [0, 0.05) is 19.1 Å². The van der Waals surface area contributed by atoms with Crippen LogP contribution in [0.4, 0.5) is 0 Å². The maximum Gasteiger partial charge on any atom is 0.234 e. The molecule has 1 saturated carbocycles. The van der Waals surface area contributed by atoms with Crippen molar-refractivity contribution in [3.05, 3.63) is 35.9 Å². The molecule has 3 unspecified atom stereocenters. The first kappa shape index (κ1) is 16.5. The molecule has 1 saturated heterocycles. The molecule has 0 radical (unpaired) electrons. The summed E-state index contributed by atoms with van der Waals surface area (Å²) >= 11 is 0. The third-order valence-electron chi connectivity index (χ3n) is 5.15. The van der Waals surface area contributed by atoms with E-state index in [9.17, 15) is 4.79 Å². The summed E-state index contributed by atoms with van der Waals surface area (Å²) < 4.78 is 5.87. The molecule has 0 aromatic heterocycles. The van der Waals surface area contributed by atoms with Gasteiger partial charge < -0.3 is 10.1 Å². The SMILES string of the molecule is CC1CCCCC1NC(=O)CN1CCOC(c2ccccc2)C1. The second-order valence-electron chi connectivity index (χ2n) is 6.94. The number of amides is 1. The highest BCUT2D eigenvalue weighted by molar-refractivity contribution is 5.78. The van der Waals surface area contributed by atoms with E-state index in [0.717, 1.165) is 19.5 Å². The molecule has 1 heterocycles. The minimum atomic E-state index is 0.0753. The third kappa shape index (κ3) is 4.55. The Balaban J connectivity index is 1.50. The van der Waals surface area contributed by atoms with Crippen LogP contribution < -0.4 is 5.32 Å². The molecule has 1 amide bonds. The van der Waals surface area contributed by atoms with Gasteiger partial charge >= 0.3 is 0 Å². The van der Waals surface area contributed by atoms with E-state index in [1.165, 1.54) is 24.8 Å². The summed E-state index contributed by atoms with van der Waals surface area (Å²) in [6.07, 6.45) is 4.98. The molecule has 1 N–H and O–H groups in total. The van der Waals surface area contributed by atoms with E-state index in [0.29, 0.717) is 25.1 Å². The Bertz CT molecular complexity index is 505. The average Bonchev–Trinajstić information content (AvgIpc) is 2.58. The van der Waals surface area contributed by atoms with E-state index in [1.54, 1.807) is 0 Å². The fraction of sp³-hybridized carbons (Fsp3) is 0.632. The average molecular weight is 316 g/mol. The van der Waals surface area contributed by atoms with Crippen LogP contribution in [0.1, 0.15) is 44.3 Å². The van der Waals surface area contributed by atoms with Gasteiger partial charge in [-0.15, -0.1) is 0 Å². The van der Waals surface area contributed by atoms with Crippen LogP contribution in [0.15, 0.2) is 30.3 Å². The van der Waals surface area contributed by atoms with Crippen molar-refractivity contribution >= 4 is 5.91 Å². The second kappa shape index (κ2) is 7.93. The van der Waals surface area contributed by atoms with Gasteiger partial charge in [-0.05, 0) is 24.3 Å². The number of ether oxygens (including phenoxy) is 1. The number of rotatable bonds is 4. The molecule has 4 nitrogen and oxygen atoms in total. The largest absolute Gasteiger partial charge is 0.371 e. The predicted octanol–water partition coefficient (Wildman–Crippen LogP) is 2.75. The lowest BCUT2D eigenvalue weighted by Crippen LogP contribution is -2.48. The van der Waals surface area contributed by atoms with Crippen molar-refractivity contribution in [2.75, 3.05) is 26.2 Å². The van der Waals surface area contributed by atoms with Crippen molar-refractivity contribution in [2.24, 2.45) is 5.92 Å². The maximum atomic E-state index is 12.4. The van der Waals surface area contributed by atoms with Crippen molar-refractivity contribution < 1.29 is 9.53 Å². The lowest BCUT2D eigenvalue weighted by atomic mass is 9.86. The lowest BCUT2D eigenvalue weighted by molar-refractivity contribution is -0.125. The minimum absolute atomic E-state index is 0.0753. The van der Waals surface area contributed by atoms with Crippen molar-refractivity contribution in [1.29, 1.82) is 0 Å². The fourth-order valence-corrected chi connectivity index (χ4v) is 3.70. The van der Waals surface area contributed by atoms with Crippen molar-refractivity contribution in [3.63, 3.8) is 0 Å². The normalized spacial score (nSPS) is 29.2. The molecule has 0 bridgehead atoms. The second-order valence-corrected chi connectivity index (χ2v) is 6.94. The van der Waals surface area contributed by atoms with E-state index in [1.807, 2.05) is 18.2 Å². The Morgan fingerprint density at radius 3 is 2.83 bits per heavy atom. The number of carbonyl (C=O) groups excluding carboxylic acids is 1. The van der Waals surface area contributed by atoms with Crippen molar-refractivity contribution in [1.82, 2.24) is 10.2 Å². The molecule has 1 aromatic carbocycles. The third-order valence-corrected chi connectivity index (χ3v) is 5.15. The van der Waals surface area contributed by atoms with E-state index in [4.69, 9.17) is 4.74 Å². The molecule has 0 spiro atoms. The number of morpholine rings is 1. The molecular weight excluding hydrogens is 288 g/mol.